The van der Waals surface area contributed by atoms with Gasteiger partial charge in [0.05, 0.1) is 10.7 Å². The fourth-order valence-corrected chi connectivity index (χ4v) is 4.15. The van der Waals surface area contributed by atoms with Gasteiger partial charge in [-0.3, -0.25) is 4.72 Å². The third-order valence-corrected chi connectivity index (χ3v) is 6.24. The van der Waals surface area contributed by atoms with Crippen LogP contribution in [0.5, 0.6) is 0 Å². The second-order valence-corrected chi connectivity index (χ2v) is 8.06. The molecular weight excluding hydrogens is 358 g/mol. The summed E-state index contributed by atoms with van der Waals surface area (Å²) < 4.78 is 27.6. The van der Waals surface area contributed by atoms with Crippen LogP contribution in [0.3, 0.4) is 0 Å². The van der Waals surface area contributed by atoms with E-state index in [1.165, 1.54) is 11.3 Å². The molecule has 0 fully saturated rings. The molecule has 1 aromatic carbocycles. The fraction of sp³-hybridized carbons (Fsp3) is 0.0909. The first-order valence-corrected chi connectivity index (χ1v) is 8.40. The Morgan fingerprint density at radius 1 is 1.28 bits per heavy atom. The maximum absolute atomic E-state index is 12.1. The van der Waals surface area contributed by atoms with Crippen molar-refractivity contribution in [3.63, 3.8) is 0 Å². The largest absolute Gasteiger partial charge is 0.279 e. The standard InChI is InChI=1S/C11H9BrClNO2S2/c1-7-2-5-11(17-7)18(15,16)14-8-3-4-10(13)9(12)6-8/h2-6,14H,1H3. The molecule has 96 valence electrons. The van der Waals surface area contributed by atoms with Crippen molar-refractivity contribution >= 4 is 54.6 Å². The number of thiophene rings is 1. The van der Waals surface area contributed by atoms with Gasteiger partial charge in [0.15, 0.2) is 0 Å². The number of hydrogen-bond acceptors (Lipinski definition) is 3. The minimum absolute atomic E-state index is 0.297. The van der Waals surface area contributed by atoms with Crippen LogP contribution in [0, 0.1) is 6.92 Å². The van der Waals surface area contributed by atoms with Crippen molar-refractivity contribution in [1.82, 2.24) is 0 Å². The van der Waals surface area contributed by atoms with Crippen LogP contribution in [0.15, 0.2) is 39.0 Å². The number of anilines is 1. The summed E-state index contributed by atoms with van der Waals surface area (Å²) in [5, 5.41) is 0.532. The maximum atomic E-state index is 12.1. The van der Waals surface area contributed by atoms with E-state index in [1.807, 2.05) is 6.92 Å². The Morgan fingerprint density at radius 3 is 2.56 bits per heavy atom. The Bertz CT molecular complexity index is 682. The number of halogens is 2. The van der Waals surface area contributed by atoms with E-state index < -0.39 is 10.0 Å². The Kier molecular flexibility index (Phi) is 4.01. The van der Waals surface area contributed by atoms with Crippen LogP contribution in [0.25, 0.3) is 0 Å². The van der Waals surface area contributed by atoms with Gasteiger partial charge >= 0.3 is 0 Å². The third kappa shape index (κ3) is 3.06. The lowest BCUT2D eigenvalue weighted by Gasteiger charge is -2.07. The molecule has 0 spiro atoms. The lowest BCUT2D eigenvalue weighted by Crippen LogP contribution is -2.11. The molecule has 0 saturated carbocycles. The Labute approximate surface area is 123 Å². The molecule has 0 unspecified atom stereocenters. The van der Waals surface area contributed by atoms with E-state index in [1.54, 1.807) is 30.3 Å². The summed E-state index contributed by atoms with van der Waals surface area (Å²) in [6.07, 6.45) is 0. The molecule has 0 amide bonds. The normalized spacial score (nSPS) is 11.5. The van der Waals surface area contributed by atoms with Gasteiger partial charge in [0, 0.05) is 9.35 Å². The fourth-order valence-electron chi connectivity index (χ4n) is 1.32. The van der Waals surface area contributed by atoms with Crippen LogP contribution < -0.4 is 4.72 Å². The van der Waals surface area contributed by atoms with Crippen molar-refractivity contribution in [3.8, 4) is 0 Å². The molecule has 7 heteroatoms. The van der Waals surface area contributed by atoms with Gasteiger partial charge in [-0.1, -0.05) is 11.6 Å². The summed E-state index contributed by atoms with van der Waals surface area (Å²) in [4.78, 5) is 0.952. The average Bonchev–Trinajstić information content (AvgIpc) is 2.71. The Morgan fingerprint density at radius 2 is 2.00 bits per heavy atom. The molecular formula is C11H9BrClNO2S2. The van der Waals surface area contributed by atoms with Gasteiger partial charge in [0.2, 0.25) is 0 Å². The topological polar surface area (TPSA) is 46.2 Å². The van der Waals surface area contributed by atoms with Gasteiger partial charge in [-0.05, 0) is 53.2 Å². The van der Waals surface area contributed by atoms with E-state index in [0.717, 1.165) is 4.88 Å². The molecule has 1 N–H and O–H groups in total. The molecule has 1 aromatic heterocycles. The summed E-state index contributed by atoms with van der Waals surface area (Å²) >= 11 is 10.3. The quantitative estimate of drug-likeness (QED) is 0.881. The second kappa shape index (κ2) is 5.21. The number of sulfonamides is 1. The monoisotopic (exact) mass is 365 g/mol. The third-order valence-electron chi connectivity index (χ3n) is 2.15. The highest BCUT2D eigenvalue weighted by atomic mass is 79.9. The molecule has 0 aliphatic carbocycles. The van der Waals surface area contributed by atoms with Crippen molar-refractivity contribution in [2.24, 2.45) is 0 Å². The van der Waals surface area contributed by atoms with Crippen LogP contribution in [0.2, 0.25) is 5.02 Å². The predicted octanol–water partition coefficient (Wildman–Crippen LogP) is 4.27. The SMILES string of the molecule is Cc1ccc(S(=O)(=O)Nc2ccc(Cl)c(Br)c2)s1. The summed E-state index contributed by atoms with van der Waals surface area (Å²) in [6.45, 7) is 1.86. The number of rotatable bonds is 3. The lowest BCUT2D eigenvalue weighted by atomic mass is 10.3. The van der Waals surface area contributed by atoms with Crippen molar-refractivity contribution in [2.45, 2.75) is 11.1 Å². The van der Waals surface area contributed by atoms with Crippen molar-refractivity contribution in [3.05, 3.63) is 44.7 Å². The summed E-state index contributed by atoms with van der Waals surface area (Å²) in [5.74, 6) is 0. The Balaban J connectivity index is 2.30. The summed E-state index contributed by atoms with van der Waals surface area (Å²) in [7, 11) is -3.52. The van der Waals surface area contributed by atoms with Gasteiger partial charge in [0.25, 0.3) is 10.0 Å². The number of nitrogens with one attached hydrogen (secondary N) is 1. The number of hydrogen-bond donors (Lipinski definition) is 1. The van der Waals surface area contributed by atoms with Gasteiger partial charge in [-0.25, -0.2) is 8.42 Å². The number of aryl methyl sites for hydroxylation is 1. The minimum atomic E-state index is -3.52. The van der Waals surface area contributed by atoms with Crippen molar-refractivity contribution in [2.75, 3.05) is 4.72 Å². The Hall–Kier alpha value is -0.560. The minimum Gasteiger partial charge on any atom is -0.279 e. The summed E-state index contributed by atoms with van der Waals surface area (Å²) in [5.41, 5.74) is 0.470. The van der Waals surface area contributed by atoms with Gasteiger partial charge in [0.1, 0.15) is 4.21 Å². The molecule has 1 heterocycles. The smallest absolute Gasteiger partial charge is 0.271 e. The molecule has 18 heavy (non-hydrogen) atoms. The van der Waals surface area contributed by atoms with E-state index in [2.05, 4.69) is 20.7 Å². The first-order chi connectivity index (χ1) is 8.38. The summed E-state index contributed by atoms with van der Waals surface area (Å²) in [6, 6.07) is 8.24. The highest BCUT2D eigenvalue weighted by molar-refractivity contribution is 9.10. The van der Waals surface area contributed by atoms with Crippen LogP contribution in [-0.4, -0.2) is 8.42 Å². The zero-order valence-corrected chi connectivity index (χ0v) is 13.3. The molecule has 0 atom stereocenters. The van der Waals surface area contributed by atoms with Crippen molar-refractivity contribution < 1.29 is 8.42 Å². The zero-order chi connectivity index (χ0) is 13.3. The molecule has 0 saturated heterocycles. The molecule has 0 bridgehead atoms. The van der Waals surface area contributed by atoms with Crippen LogP contribution in [0.4, 0.5) is 5.69 Å². The lowest BCUT2D eigenvalue weighted by molar-refractivity contribution is 0.603. The molecule has 0 aliphatic rings. The van der Waals surface area contributed by atoms with Gasteiger partial charge in [-0.2, -0.15) is 0 Å². The van der Waals surface area contributed by atoms with Gasteiger partial charge < -0.3 is 0 Å². The van der Waals surface area contributed by atoms with E-state index in [-0.39, 0.29) is 0 Å². The van der Waals surface area contributed by atoms with Gasteiger partial charge in [-0.15, -0.1) is 11.3 Å². The molecule has 2 aromatic rings. The first-order valence-electron chi connectivity index (χ1n) is 4.93. The van der Waals surface area contributed by atoms with E-state index >= 15 is 0 Å². The molecule has 2 rings (SSSR count). The highest BCUT2D eigenvalue weighted by Crippen LogP contribution is 2.28. The highest BCUT2D eigenvalue weighted by Gasteiger charge is 2.16. The second-order valence-electron chi connectivity index (χ2n) is 3.60. The number of benzene rings is 1. The van der Waals surface area contributed by atoms with Crippen LogP contribution in [-0.2, 0) is 10.0 Å². The molecule has 0 aliphatic heterocycles. The van der Waals surface area contributed by atoms with E-state index in [0.29, 0.717) is 19.4 Å². The molecule has 3 nitrogen and oxygen atoms in total. The van der Waals surface area contributed by atoms with Crippen LogP contribution in [0.1, 0.15) is 4.88 Å². The average molecular weight is 367 g/mol. The first kappa shape index (κ1) is 13.9. The maximum Gasteiger partial charge on any atom is 0.271 e. The zero-order valence-electron chi connectivity index (χ0n) is 9.28. The van der Waals surface area contributed by atoms with E-state index in [9.17, 15) is 8.42 Å². The molecule has 0 radical (unpaired) electrons. The van der Waals surface area contributed by atoms with E-state index in [4.69, 9.17) is 11.6 Å². The van der Waals surface area contributed by atoms with Crippen molar-refractivity contribution in [1.29, 1.82) is 0 Å². The predicted molar refractivity (Wildman–Crippen MR) is 79.0 cm³/mol. The van der Waals surface area contributed by atoms with Crippen LogP contribution >= 0.6 is 38.9 Å².